The second-order valence-corrected chi connectivity index (χ2v) is 8.32. The van der Waals surface area contributed by atoms with Gasteiger partial charge in [-0.2, -0.15) is 0 Å². The van der Waals surface area contributed by atoms with Crippen molar-refractivity contribution in [2.24, 2.45) is 5.92 Å². The number of benzene rings is 1. The Balaban J connectivity index is 2.26. The van der Waals surface area contributed by atoms with E-state index in [2.05, 4.69) is 0 Å². The van der Waals surface area contributed by atoms with E-state index in [4.69, 9.17) is 39.5 Å². The van der Waals surface area contributed by atoms with E-state index >= 15 is 0 Å². The summed E-state index contributed by atoms with van der Waals surface area (Å²) >= 11 is 18.7. The molecule has 0 amide bonds. The van der Waals surface area contributed by atoms with E-state index in [0.717, 1.165) is 0 Å². The number of hydrogen-bond donors (Lipinski definition) is 0. The Morgan fingerprint density at radius 1 is 1.35 bits per heavy atom. The summed E-state index contributed by atoms with van der Waals surface area (Å²) in [7, 11) is -2.97. The second-order valence-electron chi connectivity index (χ2n) is 4.80. The van der Waals surface area contributed by atoms with Gasteiger partial charge < -0.3 is 4.74 Å². The van der Waals surface area contributed by atoms with Gasteiger partial charge in [0.05, 0.1) is 28.5 Å². The molecule has 2 atom stereocenters. The summed E-state index contributed by atoms with van der Waals surface area (Å²) in [5, 5.41) is 0.410. The van der Waals surface area contributed by atoms with Crippen LogP contribution in [0.1, 0.15) is 24.3 Å². The Kier molecular flexibility index (Phi) is 5.11. The molecule has 0 radical (unpaired) electrons. The first kappa shape index (κ1) is 16.2. The normalized spacial score (nSPS) is 22.7. The zero-order valence-electron chi connectivity index (χ0n) is 10.9. The molecule has 0 N–H and O–H groups in total. The molecule has 2 unspecified atom stereocenters. The smallest absolute Gasteiger partial charge is 0.150 e. The van der Waals surface area contributed by atoms with Gasteiger partial charge >= 0.3 is 0 Å². The topological polar surface area (TPSA) is 43.4 Å². The van der Waals surface area contributed by atoms with Crippen LogP contribution in [0.3, 0.4) is 0 Å². The fourth-order valence-corrected chi connectivity index (χ4v) is 5.22. The molecule has 7 heteroatoms. The average molecular weight is 358 g/mol. The molecule has 3 nitrogen and oxygen atoms in total. The molecule has 112 valence electrons. The summed E-state index contributed by atoms with van der Waals surface area (Å²) in [5.74, 6) is 0.657. The summed E-state index contributed by atoms with van der Waals surface area (Å²) in [5.41, 5.74) is 0.656. The van der Waals surface area contributed by atoms with Crippen LogP contribution < -0.4 is 4.74 Å². The number of ether oxygens (including phenoxy) is 1. The summed E-state index contributed by atoms with van der Waals surface area (Å²) in [6.45, 7) is 2.34. The third-order valence-electron chi connectivity index (χ3n) is 3.33. The molecule has 1 aliphatic heterocycles. The molecule has 1 saturated heterocycles. The zero-order chi connectivity index (χ0) is 14.9. The van der Waals surface area contributed by atoms with Gasteiger partial charge in [0.15, 0.2) is 9.84 Å². The Morgan fingerprint density at radius 2 is 2.05 bits per heavy atom. The molecule has 1 fully saturated rings. The van der Waals surface area contributed by atoms with E-state index in [9.17, 15) is 8.42 Å². The first-order valence-electron chi connectivity index (χ1n) is 6.30. The summed E-state index contributed by atoms with van der Waals surface area (Å²) in [6.07, 6.45) is 0.553. The number of sulfone groups is 1. The Bertz CT molecular complexity index is 601. The van der Waals surface area contributed by atoms with Crippen molar-refractivity contribution in [1.29, 1.82) is 0 Å². The van der Waals surface area contributed by atoms with Gasteiger partial charge in [0.2, 0.25) is 0 Å². The minimum atomic E-state index is -2.97. The lowest BCUT2D eigenvalue weighted by molar-refractivity contribution is 0.340. The fraction of sp³-hybridized carbons (Fsp3) is 0.538. The Labute approximate surface area is 134 Å². The second kappa shape index (κ2) is 6.30. The quantitative estimate of drug-likeness (QED) is 0.762. The fourth-order valence-electron chi connectivity index (χ4n) is 2.33. The van der Waals surface area contributed by atoms with Crippen LogP contribution in [0.15, 0.2) is 12.1 Å². The summed E-state index contributed by atoms with van der Waals surface area (Å²) < 4.78 is 28.4. The molecule has 0 aliphatic carbocycles. The van der Waals surface area contributed by atoms with E-state index in [1.165, 1.54) is 0 Å². The predicted molar refractivity (Wildman–Crippen MR) is 83.0 cm³/mol. The summed E-state index contributed by atoms with van der Waals surface area (Å²) in [4.78, 5) is 0. The van der Waals surface area contributed by atoms with Crippen LogP contribution >= 0.6 is 34.8 Å². The van der Waals surface area contributed by atoms with E-state index in [1.807, 2.05) is 6.92 Å². The molecule has 0 bridgehead atoms. The predicted octanol–water partition coefficient (Wildman–Crippen LogP) is 4.11. The molecule has 0 saturated carbocycles. The van der Waals surface area contributed by atoms with Crippen molar-refractivity contribution in [3.63, 3.8) is 0 Å². The molecule has 1 aliphatic rings. The van der Waals surface area contributed by atoms with Crippen molar-refractivity contribution < 1.29 is 13.2 Å². The monoisotopic (exact) mass is 356 g/mol. The van der Waals surface area contributed by atoms with Gasteiger partial charge in [-0.05, 0) is 30.9 Å². The molecule has 1 heterocycles. The van der Waals surface area contributed by atoms with E-state index in [1.54, 1.807) is 12.1 Å². The molecule has 0 spiro atoms. The third kappa shape index (κ3) is 3.53. The van der Waals surface area contributed by atoms with Gasteiger partial charge in [-0.3, -0.25) is 0 Å². The van der Waals surface area contributed by atoms with Gasteiger partial charge in [-0.15, -0.1) is 11.6 Å². The minimum absolute atomic E-state index is 0.0995. The van der Waals surface area contributed by atoms with Gasteiger partial charge in [-0.25, -0.2) is 8.42 Å². The third-order valence-corrected chi connectivity index (χ3v) is 6.34. The maximum absolute atomic E-state index is 11.5. The van der Waals surface area contributed by atoms with Crippen LogP contribution in [-0.4, -0.2) is 26.5 Å². The number of hydrogen-bond acceptors (Lipinski definition) is 3. The highest BCUT2D eigenvalue weighted by Crippen LogP contribution is 2.42. The van der Waals surface area contributed by atoms with Gasteiger partial charge in [-0.1, -0.05) is 23.2 Å². The molecular formula is C13H15Cl3O3S. The average Bonchev–Trinajstić information content (AvgIpc) is 2.73. The van der Waals surface area contributed by atoms with Gasteiger partial charge in [0.25, 0.3) is 0 Å². The number of halogens is 3. The first-order valence-corrected chi connectivity index (χ1v) is 9.31. The van der Waals surface area contributed by atoms with Crippen molar-refractivity contribution >= 4 is 44.6 Å². The Hall–Kier alpha value is -0.160. The molecule has 2 rings (SSSR count). The lowest BCUT2D eigenvalue weighted by Gasteiger charge is -2.18. The standard InChI is InChI=1S/C13H15Cl3O3S/c1-2-19-12-6-10(14)9(5-11(12)15)13(16)8-3-4-20(17,18)7-8/h5-6,8,13H,2-4,7H2,1H3. The minimum Gasteiger partial charge on any atom is -0.492 e. The van der Waals surface area contributed by atoms with Crippen molar-refractivity contribution in [3.8, 4) is 5.75 Å². The summed E-state index contributed by atoms with van der Waals surface area (Å²) in [6, 6.07) is 3.29. The van der Waals surface area contributed by atoms with Crippen LogP contribution in [0.5, 0.6) is 5.75 Å². The number of alkyl halides is 1. The largest absolute Gasteiger partial charge is 0.492 e. The van der Waals surface area contributed by atoms with Gasteiger partial charge in [0, 0.05) is 11.1 Å². The van der Waals surface area contributed by atoms with E-state index in [0.29, 0.717) is 34.4 Å². The van der Waals surface area contributed by atoms with Crippen molar-refractivity contribution in [1.82, 2.24) is 0 Å². The SMILES string of the molecule is CCOc1cc(Cl)c(C(Cl)C2CCS(=O)(=O)C2)cc1Cl. The highest BCUT2D eigenvalue weighted by molar-refractivity contribution is 7.91. The maximum Gasteiger partial charge on any atom is 0.150 e. The molecule has 1 aromatic carbocycles. The van der Waals surface area contributed by atoms with Crippen LogP contribution in [0.2, 0.25) is 10.0 Å². The Morgan fingerprint density at radius 3 is 2.60 bits per heavy atom. The lowest BCUT2D eigenvalue weighted by Crippen LogP contribution is -2.11. The highest BCUT2D eigenvalue weighted by Gasteiger charge is 2.34. The van der Waals surface area contributed by atoms with Crippen LogP contribution in [0, 0.1) is 5.92 Å². The van der Waals surface area contributed by atoms with Crippen molar-refractivity contribution in [2.75, 3.05) is 18.1 Å². The van der Waals surface area contributed by atoms with Crippen molar-refractivity contribution in [2.45, 2.75) is 18.7 Å². The van der Waals surface area contributed by atoms with Crippen LogP contribution in [0.25, 0.3) is 0 Å². The molecular weight excluding hydrogens is 343 g/mol. The van der Waals surface area contributed by atoms with E-state index < -0.39 is 15.2 Å². The van der Waals surface area contributed by atoms with Crippen molar-refractivity contribution in [3.05, 3.63) is 27.7 Å². The van der Waals surface area contributed by atoms with Crippen LogP contribution in [-0.2, 0) is 9.84 Å². The van der Waals surface area contributed by atoms with Crippen LogP contribution in [0.4, 0.5) is 0 Å². The highest BCUT2D eigenvalue weighted by atomic mass is 35.5. The molecule has 1 aromatic rings. The maximum atomic E-state index is 11.5. The number of rotatable bonds is 4. The zero-order valence-corrected chi connectivity index (χ0v) is 14.0. The van der Waals surface area contributed by atoms with E-state index in [-0.39, 0.29) is 17.4 Å². The molecule has 20 heavy (non-hydrogen) atoms. The van der Waals surface area contributed by atoms with Gasteiger partial charge in [0.1, 0.15) is 5.75 Å². The lowest BCUT2D eigenvalue weighted by atomic mass is 9.98. The first-order chi connectivity index (χ1) is 9.34. The molecule has 0 aromatic heterocycles.